The van der Waals surface area contributed by atoms with E-state index in [1.54, 1.807) is 24.5 Å². The van der Waals surface area contributed by atoms with Crippen molar-refractivity contribution in [3.05, 3.63) is 70.2 Å². The van der Waals surface area contributed by atoms with Gasteiger partial charge in [-0.1, -0.05) is 24.3 Å². The zero-order valence-corrected chi connectivity index (χ0v) is 14.4. The van der Waals surface area contributed by atoms with Crippen LogP contribution in [0.3, 0.4) is 0 Å². The molecule has 0 spiro atoms. The maximum absolute atomic E-state index is 13.6. The van der Waals surface area contributed by atoms with E-state index in [0.717, 1.165) is 33.0 Å². The Morgan fingerprint density at radius 3 is 2.84 bits per heavy atom. The van der Waals surface area contributed by atoms with Crippen LogP contribution in [0.15, 0.2) is 53.9 Å². The first-order valence-electron chi connectivity index (χ1n) is 7.97. The number of benzene rings is 2. The number of hydrogen-bond donors (Lipinski definition) is 1. The third-order valence-corrected chi connectivity index (χ3v) is 5.52. The summed E-state index contributed by atoms with van der Waals surface area (Å²) in [5.74, 6) is 0.429. The lowest BCUT2D eigenvalue weighted by molar-refractivity contribution is -0.116. The summed E-state index contributed by atoms with van der Waals surface area (Å²) in [6.07, 6.45) is 0.392. The molecule has 1 amide bonds. The monoisotopic (exact) mass is 353 g/mol. The van der Waals surface area contributed by atoms with Gasteiger partial charge >= 0.3 is 0 Å². The Labute approximate surface area is 149 Å². The number of anilines is 1. The Morgan fingerprint density at radius 1 is 1.20 bits per heavy atom. The fraction of sp³-hybridized carbons (Fsp3) is 0.150. The molecule has 4 rings (SSSR count). The fourth-order valence-electron chi connectivity index (χ4n) is 3.22. The van der Waals surface area contributed by atoms with Crippen LogP contribution in [0.5, 0.6) is 5.75 Å². The highest BCUT2D eigenvalue weighted by atomic mass is 32.1. The van der Waals surface area contributed by atoms with Gasteiger partial charge < -0.3 is 10.1 Å². The molecule has 2 aromatic carbocycles. The van der Waals surface area contributed by atoms with Crippen LogP contribution in [-0.2, 0) is 4.79 Å². The van der Waals surface area contributed by atoms with E-state index in [1.807, 2.05) is 35.7 Å². The number of fused-ring (bicyclic) bond motifs is 1. The van der Waals surface area contributed by atoms with E-state index in [-0.39, 0.29) is 17.6 Å². The van der Waals surface area contributed by atoms with Crippen LogP contribution in [0.2, 0.25) is 0 Å². The SMILES string of the molecule is COc1cccc([C@H]2CC(=O)Nc3c(-c4cccc(F)c4)csc32)c1. The normalized spacial score (nSPS) is 16.2. The van der Waals surface area contributed by atoms with Crippen molar-refractivity contribution in [2.45, 2.75) is 12.3 Å². The van der Waals surface area contributed by atoms with Crippen molar-refractivity contribution in [1.82, 2.24) is 0 Å². The van der Waals surface area contributed by atoms with Crippen molar-refractivity contribution >= 4 is 22.9 Å². The second-order valence-corrected chi connectivity index (χ2v) is 6.89. The molecule has 0 saturated heterocycles. The molecule has 1 N–H and O–H groups in total. The summed E-state index contributed by atoms with van der Waals surface area (Å²) in [7, 11) is 1.63. The maximum Gasteiger partial charge on any atom is 0.225 e. The first kappa shape index (κ1) is 15.8. The molecular formula is C20H16FNO2S. The Bertz CT molecular complexity index is 950. The summed E-state index contributed by atoms with van der Waals surface area (Å²) in [4.78, 5) is 13.4. The lowest BCUT2D eigenvalue weighted by atomic mass is 9.89. The number of thiophene rings is 1. The third-order valence-electron chi connectivity index (χ3n) is 4.42. The summed E-state index contributed by atoms with van der Waals surface area (Å²) in [5, 5.41) is 4.96. The van der Waals surface area contributed by atoms with Gasteiger partial charge in [0.25, 0.3) is 0 Å². The number of halogens is 1. The molecule has 126 valence electrons. The van der Waals surface area contributed by atoms with Gasteiger partial charge in [-0.15, -0.1) is 11.3 Å². The molecule has 0 aliphatic carbocycles. The van der Waals surface area contributed by atoms with Gasteiger partial charge in [0, 0.05) is 28.2 Å². The van der Waals surface area contributed by atoms with Crippen LogP contribution in [0, 0.1) is 5.82 Å². The Morgan fingerprint density at radius 2 is 2.04 bits per heavy atom. The average Bonchev–Trinajstić information content (AvgIpc) is 3.04. The van der Waals surface area contributed by atoms with Gasteiger partial charge in [-0.3, -0.25) is 4.79 Å². The van der Waals surface area contributed by atoms with Crippen molar-refractivity contribution in [3.8, 4) is 16.9 Å². The van der Waals surface area contributed by atoms with Crippen LogP contribution in [-0.4, -0.2) is 13.0 Å². The van der Waals surface area contributed by atoms with E-state index in [9.17, 15) is 9.18 Å². The average molecular weight is 353 g/mol. The minimum atomic E-state index is -0.288. The van der Waals surface area contributed by atoms with E-state index in [2.05, 4.69) is 5.32 Å². The lowest BCUT2D eigenvalue weighted by Gasteiger charge is -2.24. The Hall–Kier alpha value is -2.66. The first-order chi connectivity index (χ1) is 12.2. The molecule has 0 radical (unpaired) electrons. The summed E-state index contributed by atoms with van der Waals surface area (Å²) in [6, 6.07) is 14.2. The molecule has 5 heteroatoms. The first-order valence-corrected chi connectivity index (χ1v) is 8.85. The standard InChI is InChI=1S/C20H16FNO2S/c1-24-15-7-3-5-13(9-15)16-10-18(23)22-19-17(11-25-20(16)19)12-4-2-6-14(21)8-12/h2-9,11,16H,10H2,1H3,(H,22,23)/t16-/m1/s1. The van der Waals surface area contributed by atoms with Crippen LogP contribution >= 0.6 is 11.3 Å². The number of carbonyl (C=O) groups excluding carboxylic acids is 1. The number of hydrogen-bond acceptors (Lipinski definition) is 3. The van der Waals surface area contributed by atoms with Crippen molar-refractivity contribution < 1.29 is 13.9 Å². The van der Waals surface area contributed by atoms with Gasteiger partial charge in [0.15, 0.2) is 0 Å². The molecule has 25 heavy (non-hydrogen) atoms. The maximum atomic E-state index is 13.6. The van der Waals surface area contributed by atoms with Gasteiger partial charge in [-0.05, 0) is 35.4 Å². The zero-order chi connectivity index (χ0) is 17.4. The van der Waals surface area contributed by atoms with Gasteiger partial charge in [-0.2, -0.15) is 0 Å². The van der Waals surface area contributed by atoms with Crippen molar-refractivity contribution in [2.75, 3.05) is 12.4 Å². The van der Waals surface area contributed by atoms with Gasteiger partial charge in [0.05, 0.1) is 12.8 Å². The summed E-state index contributed by atoms with van der Waals surface area (Å²) < 4.78 is 18.9. The van der Waals surface area contributed by atoms with E-state index in [1.165, 1.54) is 12.1 Å². The fourth-order valence-corrected chi connectivity index (χ4v) is 4.38. The van der Waals surface area contributed by atoms with Crippen LogP contribution in [0.25, 0.3) is 11.1 Å². The molecule has 0 saturated carbocycles. The molecule has 2 heterocycles. The van der Waals surface area contributed by atoms with E-state index < -0.39 is 0 Å². The minimum Gasteiger partial charge on any atom is -0.497 e. The number of carbonyl (C=O) groups is 1. The van der Waals surface area contributed by atoms with E-state index in [4.69, 9.17) is 4.74 Å². The van der Waals surface area contributed by atoms with Gasteiger partial charge in [-0.25, -0.2) is 4.39 Å². The minimum absolute atomic E-state index is 0.0221. The molecule has 1 aliphatic heterocycles. The highest BCUT2D eigenvalue weighted by Gasteiger charge is 2.30. The van der Waals surface area contributed by atoms with Crippen LogP contribution in [0.1, 0.15) is 22.8 Å². The zero-order valence-electron chi connectivity index (χ0n) is 13.6. The highest BCUT2D eigenvalue weighted by molar-refractivity contribution is 7.11. The molecule has 0 unspecified atom stereocenters. The summed E-state index contributed by atoms with van der Waals surface area (Å²) >= 11 is 1.59. The predicted molar refractivity (Wildman–Crippen MR) is 97.8 cm³/mol. The second kappa shape index (κ2) is 6.33. The summed E-state index contributed by atoms with van der Waals surface area (Å²) in [5.41, 5.74) is 3.47. The number of amides is 1. The van der Waals surface area contributed by atoms with E-state index in [0.29, 0.717) is 6.42 Å². The van der Waals surface area contributed by atoms with Crippen molar-refractivity contribution in [2.24, 2.45) is 0 Å². The molecule has 1 aromatic heterocycles. The van der Waals surface area contributed by atoms with Gasteiger partial charge in [0.2, 0.25) is 5.91 Å². The molecule has 3 aromatic rings. The van der Waals surface area contributed by atoms with Crippen molar-refractivity contribution in [3.63, 3.8) is 0 Å². The largest absolute Gasteiger partial charge is 0.497 e. The van der Waals surface area contributed by atoms with Crippen LogP contribution in [0.4, 0.5) is 10.1 Å². The summed E-state index contributed by atoms with van der Waals surface area (Å²) in [6.45, 7) is 0. The lowest BCUT2D eigenvalue weighted by Crippen LogP contribution is -2.22. The molecular weight excluding hydrogens is 337 g/mol. The smallest absolute Gasteiger partial charge is 0.225 e. The molecule has 1 atom stereocenters. The molecule has 3 nitrogen and oxygen atoms in total. The van der Waals surface area contributed by atoms with Gasteiger partial charge in [0.1, 0.15) is 11.6 Å². The van der Waals surface area contributed by atoms with Crippen LogP contribution < -0.4 is 10.1 Å². The predicted octanol–water partition coefficient (Wildman–Crippen LogP) is 5.04. The molecule has 0 bridgehead atoms. The number of methoxy groups -OCH3 is 1. The third kappa shape index (κ3) is 2.91. The quantitative estimate of drug-likeness (QED) is 0.717. The Kier molecular flexibility index (Phi) is 4.01. The number of rotatable bonds is 3. The topological polar surface area (TPSA) is 38.3 Å². The van der Waals surface area contributed by atoms with Crippen molar-refractivity contribution in [1.29, 1.82) is 0 Å². The number of nitrogens with one attached hydrogen (secondary N) is 1. The Balaban J connectivity index is 1.81. The number of ether oxygens (including phenoxy) is 1. The second-order valence-electron chi connectivity index (χ2n) is 5.98. The highest BCUT2D eigenvalue weighted by Crippen LogP contribution is 2.46. The molecule has 0 fully saturated rings. The van der Waals surface area contributed by atoms with E-state index >= 15 is 0 Å². The molecule has 1 aliphatic rings.